The molecule has 182 valence electrons. The first kappa shape index (κ1) is 21.2. The highest BCUT2D eigenvalue weighted by molar-refractivity contribution is 6.91. The Morgan fingerprint density at radius 1 is 0.487 bits per heavy atom. The molecule has 0 N–H and O–H groups in total. The SMILES string of the molecule is c1ccc(N2c3ccccc3B3c4c2cccc4N(c2ccccc2)C2c4cccc5cccc(c45)C32)cc1. The minimum absolute atomic E-state index is 0.220. The predicted molar refractivity (Wildman–Crippen MR) is 164 cm³/mol. The summed E-state index contributed by atoms with van der Waals surface area (Å²) in [7, 11) is 0. The van der Waals surface area contributed by atoms with Crippen LogP contribution in [-0.2, 0) is 0 Å². The molecule has 0 saturated carbocycles. The molecule has 2 unspecified atom stereocenters. The van der Waals surface area contributed by atoms with Crippen molar-refractivity contribution in [3.8, 4) is 0 Å². The zero-order chi connectivity index (χ0) is 25.5. The molecule has 1 aliphatic carbocycles. The molecule has 0 fully saturated rings. The van der Waals surface area contributed by atoms with Crippen LogP contribution in [0, 0.1) is 0 Å². The van der Waals surface area contributed by atoms with Crippen LogP contribution in [0.4, 0.5) is 28.4 Å². The van der Waals surface area contributed by atoms with E-state index in [4.69, 9.17) is 0 Å². The van der Waals surface area contributed by atoms with E-state index in [9.17, 15) is 0 Å². The second-order valence-corrected chi connectivity index (χ2v) is 10.9. The minimum atomic E-state index is 0.220. The monoisotopic (exact) mass is 496 g/mol. The first-order chi connectivity index (χ1) is 19.4. The molecule has 2 aliphatic heterocycles. The lowest BCUT2D eigenvalue weighted by molar-refractivity contribution is 0.684. The average molecular weight is 496 g/mol. The number of hydrogen-bond acceptors (Lipinski definition) is 2. The number of nitrogens with zero attached hydrogens (tertiary/aromatic N) is 2. The molecular formula is C36H25BN2. The van der Waals surface area contributed by atoms with E-state index >= 15 is 0 Å². The summed E-state index contributed by atoms with van der Waals surface area (Å²) in [4.78, 5) is 5.10. The molecule has 0 amide bonds. The number of para-hydroxylation sites is 3. The normalized spacial score (nSPS) is 18.1. The third-order valence-electron chi connectivity index (χ3n) is 9.06. The molecule has 2 nitrogen and oxygen atoms in total. The van der Waals surface area contributed by atoms with E-state index in [1.165, 1.54) is 61.3 Å². The van der Waals surface area contributed by atoms with Crippen molar-refractivity contribution in [1.29, 1.82) is 0 Å². The second-order valence-electron chi connectivity index (χ2n) is 10.9. The molecule has 0 radical (unpaired) electrons. The highest BCUT2D eigenvalue weighted by atomic mass is 15.2. The van der Waals surface area contributed by atoms with Crippen LogP contribution in [0.15, 0.2) is 140 Å². The number of fused-ring (bicyclic) bond motifs is 6. The van der Waals surface area contributed by atoms with Crippen LogP contribution in [0.3, 0.4) is 0 Å². The Bertz CT molecular complexity index is 1890. The smallest absolute Gasteiger partial charge is 0.227 e. The van der Waals surface area contributed by atoms with E-state index in [0.717, 1.165) is 0 Å². The van der Waals surface area contributed by atoms with Crippen molar-refractivity contribution in [2.24, 2.45) is 0 Å². The van der Waals surface area contributed by atoms with Gasteiger partial charge in [-0.25, -0.2) is 0 Å². The van der Waals surface area contributed by atoms with Crippen LogP contribution in [0.5, 0.6) is 0 Å². The summed E-state index contributed by atoms with van der Waals surface area (Å²) in [5.74, 6) is 0.305. The molecule has 6 aromatic rings. The third-order valence-corrected chi connectivity index (χ3v) is 9.06. The minimum Gasteiger partial charge on any atom is -0.334 e. The quantitative estimate of drug-likeness (QED) is 0.226. The molecule has 9 rings (SSSR count). The Hall–Kier alpha value is -4.76. The van der Waals surface area contributed by atoms with Gasteiger partial charge in [-0.1, -0.05) is 97.1 Å². The van der Waals surface area contributed by atoms with Gasteiger partial charge < -0.3 is 9.80 Å². The fourth-order valence-electron chi connectivity index (χ4n) is 7.72. The molecule has 0 saturated heterocycles. The zero-order valence-electron chi connectivity index (χ0n) is 21.4. The molecule has 3 aliphatic rings. The van der Waals surface area contributed by atoms with Crippen LogP contribution >= 0.6 is 0 Å². The maximum absolute atomic E-state index is 2.63. The fraction of sp³-hybridized carbons (Fsp3) is 0.0556. The van der Waals surface area contributed by atoms with Crippen molar-refractivity contribution in [2.45, 2.75) is 11.9 Å². The average Bonchev–Trinajstić information content (AvgIpc) is 3.34. The zero-order valence-corrected chi connectivity index (χ0v) is 21.4. The number of anilines is 5. The van der Waals surface area contributed by atoms with Gasteiger partial charge in [-0.15, -0.1) is 0 Å². The van der Waals surface area contributed by atoms with Gasteiger partial charge >= 0.3 is 0 Å². The fourth-order valence-corrected chi connectivity index (χ4v) is 7.72. The number of benzene rings is 6. The van der Waals surface area contributed by atoms with Crippen LogP contribution in [0.25, 0.3) is 10.8 Å². The van der Waals surface area contributed by atoms with Gasteiger partial charge in [-0.05, 0) is 81.1 Å². The van der Waals surface area contributed by atoms with Crippen LogP contribution < -0.4 is 20.7 Å². The summed E-state index contributed by atoms with van der Waals surface area (Å²) in [5.41, 5.74) is 12.1. The Morgan fingerprint density at radius 2 is 1.10 bits per heavy atom. The molecule has 0 spiro atoms. The van der Waals surface area contributed by atoms with E-state index < -0.39 is 0 Å². The van der Waals surface area contributed by atoms with Gasteiger partial charge in [-0.3, -0.25) is 0 Å². The van der Waals surface area contributed by atoms with Gasteiger partial charge in [0, 0.05) is 28.4 Å². The molecule has 2 atom stereocenters. The molecule has 39 heavy (non-hydrogen) atoms. The molecule has 2 heterocycles. The maximum atomic E-state index is 2.63. The topological polar surface area (TPSA) is 6.48 Å². The lowest BCUT2D eigenvalue weighted by Gasteiger charge is -2.49. The van der Waals surface area contributed by atoms with Crippen LogP contribution in [0.1, 0.15) is 23.0 Å². The Labute approximate surface area is 228 Å². The van der Waals surface area contributed by atoms with Gasteiger partial charge in [-0.2, -0.15) is 0 Å². The summed E-state index contributed by atoms with van der Waals surface area (Å²) in [5, 5.41) is 2.78. The molecular weight excluding hydrogens is 471 g/mol. The predicted octanol–water partition coefficient (Wildman–Crippen LogP) is 7.76. The van der Waals surface area contributed by atoms with Gasteiger partial charge in [0.15, 0.2) is 0 Å². The van der Waals surface area contributed by atoms with Crippen molar-refractivity contribution in [2.75, 3.05) is 9.80 Å². The van der Waals surface area contributed by atoms with Gasteiger partial charge in [0.2, 0.25) is 6.71 Å². The highest BCUT2D eigenvalue weighted by Gasteiger charge is 2.53. The second kappa shape index (κ2) is 7.88. The van der Waals surface area contributed by atoms with E-state index in [1.54, 1.807) is 0 Å². The maximum Gasteiger partial charge on any atom is 0.227 e. The first-order valence-electron chi connectivity index (χ1n) is 13.8. The number of hydrogen-bond donors (Lipinski definition) is 0. The summed E-state index contributed by atoms with van der Waals surface area (Å²) in [6, 6.07) is 51.8. The van der Waals surface area contributed by atoms with Crippen molar-refractivity contribution in [1.82, 2.24) is 0 Å². The summed E-state index contributed by atoms with van der Waals surface area (Å²) in [6.07, 6.45) is 0. The molecule has 3 heteroatoms. The van der Waals surface area contributed by atoms with Crippen LogP contribution in [0.2, 0.25) is 0 Å². The molecule has 0 bridgehead atoms. The van der Waals surface area contributed by atoms with E-state index in [2.05, 4.69) is 149 Å². The van der Waals surface area contributed by atoms with Crippen molar-refractivity contribution >= 4 is 56.8 Å². The van der Waals surface area contributed by atoms with Crippen molar-refractivity contribution < 1.29 is 0 Å². The van der Waals surface area contributed by atoms with E-state index in [-0.39, 0.29) is 12.8 Å². The Kier molecular flexibility index (Phi) is 4.28. The third kappa shape index (κ3) is 2.77. The first-order valence-corrected chi connectivity index (χ1v) is 13.8. The van der Waals surface area contributed by atoms with Gasteiger partial charge in [0.1, 0.15) is 0 Å². The van der Waals surface area contributed by atoms with E-state index in [1.807, 2.05) is 0 Å². The van der Waals surface area contributed by atoms with Crippen molar-refractivity contribution in [3.05, 3.63) is 151 Å². The van der Waals surface area contributed by atoms with Crippen molar-refractivity contribution in [3.63, 3.8) is 0 Å². The molecule has 6 aromatic carbocycles. The summed E-state index contributed by atoms with van der Waals surface area (Å²) >= 11 is 0. The summed E-state index contributed by atoms with van der Waals surface area (Å²) in [6.45, 7) is 0.260. The van der Waals surface area contributed by atoms with Crippen LogP contribution in [-0.4, -0.2) is 6.71 Å². The lowest BCUT2D eigenvalue weighted by Crippen LogP contribution is -2.60. The van der Waals surface area contributed by atoms with Gasteiger partial charge in [0.25, 0.3) is 0 Å². The summed E-state index contributed by atoms with van der Waals surface area (Å²) < 4.78 is 0. The lowest BCUT2D eigenvalue weighted by atomic mass is 9.29. The molecule has 0 aromatic heterocycles. The van der Waals surface area contributed by atoms with Gasteiger partial charge in [0.05, 0.1) is 6.04 Å². The number of rotatable bonds is 2. The van der Waals surface area contributed by atoms with E-state index in [0.29, 0.717) is 5.82 Å². The Morgan fingerprint density at radius 3 is 1.90 bits per heavy atom. The highest BCUT2D eigenvalue weighted by Crippen LogP contribution is 2.57. The Balaban J connectivity index is 1.41. The standard InChI is InChI=1S/C36H25BN2/c1-3-14-25(15-4-1)38-30-21-8-7-20-29(30)37-34-27-18-9-12-24-13-10-19-28(33(24)27)36(34)39(26-16-5-2-6-17-26)32-23-11-22-31(38)35(32)37/h1-23,34,36H. The largest absolute Gasteiger partial charge is 0.334 e.